The molecule has 0 aliphatic carbocycles. The van der Waals surface area contributed by atoms with Crippen LogP contribution in [0.4, 0.5) is 11.4 Å². The number of nitrogens with one attached hydrogen (secondary N) is 2. The third-order valence-corrected chi connectivity index (χ3v) is 7.51. The molecule has 0 aliphatic heterocycles. The fraction of sp³-hybridized carbons (Fsp3) is 0.250. The van der Waals surface area contributed by atoms with Gasteiger partial charge in [-0.05, 0) is 64.1 Å². The van der Waals surface area contributed by atoms with Crippen molar-refractivity contribution in [2.45, 2.75) is 52.9 Å². The summed E-state index contributed by atoms with van der Waals surface area (Å²) in [7, 11) is 0. The van der Waals surface area contributed by atoms with Gasteiger partial charge in [0, 0.05) is 29.4 Å². The van der Waals surface area contributed by atoms with E-state index in [1.54, 1.807) is 9.13 Å². The Kier molecular flexibility index (Phi) is 7.26. The van der Waals surface area contributed by atoms with Crippen LogP contribution in [0.15, 0.2) is 77.6 Å². The highest BCUT2D eigenvalue weighted by atomic mass is 16.3. The van der Waals surface area contributed by atoms with Crippen LogP contribution in [-0.2, 0) is 13.1 Å². The molecule has 206 valence electrons. The molecule has 0 saturated carbocycles. The number of benzene rings is 3. The van der Waals surface area contributed by atoms with E-state index in [0.717, 1.165) is 16.9 Å². The standard InChI is InChI=1S/C32H34N4O4/c1-5-35-25-16-9-7-14-23(25)29(37)27(31(35)39)19(3)33-21-12-11-13-22(18-21)34-20(4)28-30(38)24-15-8-10-17-26(24)36(6-2)32(28)40/h7-20,33-34H,5-6H2,1-4H3,(H2,37,38,39,40)/p+1. The van der Waals surface area contributed by atoms with E-state index in [9.17, 15) is 20.1 Å². The number of aromatic hydroxyl groups is 3. The van der Waals surface area contributed by atoms with Crippen LogP contribution in [0.3, 0.4) is 0 Å². The average molecular weight is 540 g/mol. The van der Waals surface area contributed by atoms with E-state index in [1.165, 1.54) is 0 Å². The van der Waals surface area contributed by atoms with Gasteiger partial charge in [-0.2, -0.15) is 4.57 Å². The Labute approximate surface area is 232 Å². The third-order valence-electron chi connectivity index (χ3n) is 7.51. The van der Waals surface area contributed by atoms with E-state index < -0.39 is 12.1 Å². The lowest BCUT2D eigenvalue weighted by atomic mass is 10.0. The highest BCUT2D eigenvalue weighted by Crippen LogP contribution is 2.38. The third kappa shape index (κ3) is 4.55. The van der Waals surface area contributed by atoms with Crippen LogP contribution in [0.1, 0.15) is 50.9 Å². The van der Waals surface area contributed by atoms with E-state index >= 15 is 0 Å². The van der Waals surface area contributed by atoms with Gasteiger partial charge in [-0.1, -0.05) is 30.3 Å². The summed E-state index contributed by atoms with van der Waals surface area (Å²) in [6.07, 6.45) is 0. The first-order valence-electron chi connectivity index (χ1n) is 13.6. The Bertz CT molecular complexity index is 1780. The summed E-state index contributed by atoms with van der Waals surface area (Å²) in [4.78, 5) is 13.3. The minimum Gasteiger partial charge on any atom is -0.507 e. The van der Waals surface area contributed by atoms with Crippen LogP contribution >= 0.6 is 0 Å². The molecule has 0 aliphatic rings. The number of aromatic nitrogens is 2. The van der Waals surface area contributed by atoms with Gasteiger partial charge in [-0.15, -0.1) is 0 Å². The first kappa shape index (κ1) is 26.9. The highest BCUT2D eigenvalue weighted by molar-refractivity contribution is 5.87. The summed E-state index contributed by atoms with van der Waals surface area (Å²) < 4.78 is 3.45. The molecule has 0 saturated heterocycles. The second-order valence-electron chi connectivity index (χ2n) is 9.99. The van der Waals surface area contributed by atoms with Crippen LogP contribution in [0.5, 0.6) is 17.4 Å². The lowest BCUT2D eigenvalue weighted by Crippen LogP contribution is -2.35. The Balaban J connectivity index is 1.45. The molecular formula is C32H35N4O4+. The molecule has 0 bridgehead atoms. The van der Waals surface area contributed by atoms with Gasteiger partial charge >= 0.3 is 5.88 Å². The van der Waals surface area contributed by atoms with Crippen molar-refractivity contribution in [2.75, 3.05) is 10.6 Å². The molecule has 2 atom stereocenters. The van der Waals surface area contributed by atoms with Crippen LogP contribution in [0.2, 0.25) is 0 Å². The van der Waals surface area contributed by atoms with E-state index in [0.29, 0.717) is 40.5 Å². The largest absolute Gasteiger partial charge is 0.507 e. The summed E-state index contributed by atoms with van der Waals surface area (Å²) in [5.41, 5.74) is 3.45. The summed E-state index contributed by atoms with van der Waals surface area (Å²) in [6, 6.07) is 21.5. The molecule has 8 nitrogen and oxygen atoms in total. The minimum absolute atomic E-state index is 0.0142. The lowest BCUT2D eigenvalue weighted by Gasteiger charge is -2.21. The van der Waals surface area contributed by atoms with Gasteiger partial charge < -0.3 is 30.5 Å². The fourth-order valence-corrected chi connectivity index (χ4v) is 5.60. The molecule has 3 aromatic carbocycles. The van der Waals surface area contributed by atoms with Crippen molar-refractivity contribution in [2.24, 2.45) is 0 Å². The smallest absolute Gasteiger partial charge is 0.375 e. The van der Waals surface area contributed by atoms with Crippen LogP contribution < -0.4 is 20.8 Å². The maximum absolute atomic E-state index is 13.3. The van der Waals surface area contributed by atoms with Crippen molar-refractivity contribution in [3.63, 3.8) is 0 Å². The second-order valence-corrected chi connectivity index (χ2v) is 9.99. The second kappa shape index (κ2) is 10.8. The zero-order chi connectivity index (χ0) is 28.6. The molecule has 8 heteroatoms. The van der Waals surface area contributed by atoms with Crippen molar-refractivity contribution in [3.05, 3.63) is 94.3 Å². The van der Waals surface area contributed by atoms with Crippen molar-refractivity contribution in [3.8, 4) is 17.4 Å². The van der Waals surface area contributed by atoms with Crippen molar-refractivity contribution < 1.29 is 19.9 Å². The number of fused-ring (bicyclic) bond motifs is 2. The molecule has 0 spiro atoms. The van der Waals surface area contributed by atoms with Gasteiger partial charge in [0.15, 0.2) is 0 Å². The molecule has 2 unspecified atom stereocenters. The number of para-hydroxylation sites is 2. The summed E-state index contributed by atoms with van der Waals surface area (Å²) in [6.45, 7) is 8.63. The van der Waals surface area contributed by atoms with Crippen LogP contribution in [-0.4, -0.2) is 19.9 Å². The number of nitrogens with zero attached hydrogens (tertiary/aromatic N) is 2. The van der Waals surface area contributed by atoms with Gasteiger partial charge in [0.1, 0.15) is 23.6 Å². The SMILES string of the molecule is CCn1c(=O)c(C(C)Nc2cccc(NC(C)c3c(O)c4ccccc4[n+](CC)c3O)c2)c(O)c2ccccc21. The lowest BCUT2D eigenvalue weighted by molar-refractivity contribution is -0.674. The van der Waals surface area contributed by atoms with Crippen molar-refractivity contribution in [1.29, 1.82) is 0 Å². The quantitative estimate of drug-likeness (QED) is 0.156. The number of aryl methyl sites for hydroxylation is 2. The molecule has 2 aromatic heterocycles. The molecule has 5 N–H and O–H groups in total. The normalized spacial score (nSPS) is 12.9. The van der Waals surface area contributed by atoms with Gasteiger partial charge in [-0.25, -0.2) is 0 Å². The fourth-order valence-electron chi connectivity index (χ4n) is 5.60. The van der Waals surface area contributed by atoms with Gasteiger partial charge in [0.2, 0.25) is 5.52 Å². The zero-order valence-corrected chi connectivity index (χ0v) is 23.1. The van der Waals surface area contributed by atoms with Crippen molar-refractivity contribution >= 4 is 33.2 Å². The summed E-state index contributed by atoms with van der Waals surface area (Å²) >= 11 is 0. The molecule has 0 amide bonds. The first-order chi connectivity index (χ1) is 19.3. The molecule has 2 heterocycles. The monoisotopic (exact) mass is 539 g/mol. The Hall–Kier alpha value is -4.72. The topological polar surface area (TPSA) is 111 Å². The maximum atomic E-state index is 13.3. The predicted molar refractivity (Wildman–Crippen MR) is 159 cm³/mol. The minimum atomic E-state index is -0.473. The molecule has 0 radical (unpaired) electrons. The van der Waals surface area contributed by atoms with E-state index in [2.05, 4.69) is 10.6 Å². The van der Waals surface area contributed by atoms with E-state index in [-0.39, 0.29) is 22.9 Å². The number of rotatable bonds is 8. The number of hydrogen-bond donors (Lipinski definition) is 5. The molecule has 5 rings (SSSR count). The zero-order valence-electron chi connectivity index (χ0n) is 23.1. The van der Waals surface area contributed by atoms with Crippen LogP contribution in [0, 0.1) is 0 Å². The first-order valence-corrected chi connectivity index (χ1v) is 13.6. The Morgan fingerprint density at radius 3 is 2.00 bits per heavy atom. The average Bonchev–Trinajstić information content (AvgIpc) is 2.94. The van der Waals surface area contributed by atoms with Crippen LogP contribution in [0.25, 0.3) is 21.8 Å². The molecule has 40 heavy (non-hydrogen) atoms. The molecule has 0 fully saturated rings. The predicted octanol–water partition coefficient (Wildman–Crippen LogP) is 5.95. The number of pyridine rings is 2. The Morgan fingerprint density at radius 1 is 0.775 bits per heavy atom. The number of anilines is 2. The van der Waals surface area contributed by atoms with E-state index in [4.69, 9.17) is 0 Å². The Morgan fingerprint density at radius 2 is 1.35 bits per heavy atom. The van der Waals surface area contributed by atoms with Gasteiger partial charge in [0.05, 0.1) is 28.6 Å². The number of hydrogen-bond acceptors (Lipinski definition) is 6. The maximum Gasteiger partial charge on any atom is 0.375 e. The van der Waals surface area contributed by atoms with Gasteiger partial charge in [-0.3, -0.25) is 4.79 Å². The van der Waals surface area contributed by atoms with E-state index in [1.807, 2.05) is 100 Å². The summed E-state index contributed by atoms with van der Waals surface area (Å²) in [5.74, 6) is 0.0416. The highest BCUT2D eigenvalue weighted by Gasteiger charge is 2.28. The summed E-state index contributed by atoms with van der Waals surface area (Å²) in [5, 5.41) is 41.3. The van der Waals surface area contributed by atoms with Crippen molar-refractivity contribution in [1.82, 2.24) is 4.57 Å². The molecule has 5 aromatic rings. The molecular weight excluding hydrogens is 504 g/mol. The van der Waals surface area contributed by atoms with Gasteiger partial charge in [0.25, 0.3) is 5.56 Å².